The molecule has 120 valence electrons. The second kappa shape index (κ2) is 9.08. The Morgan fingerprint density at radius 3 is 2.30 bits per heavy atom. The van der Waals surface area contributed by atoms with Gasteiger partial charge in [-0.25, -0.2) is 4.98 Å². The van der Waals surface area contributed by atoms with Gasteiger partial charge in [-0.15, -0.1) is 12.4 Å². The van der Waals surface area contributed by atoms with Crippen LogP contribution in [0.4, 0.5) is 0 Å². The van der Waals surface area contributed by atoms with Gasteiger partial charge >= 0.3 is 0 Å². The highest BCUT2D eigenvalue weighted by molar-refractivity contribution is 6.30. The summed E-state index contributed by atoms with van der Waals surface area (Å²) in [7, 11) is 1.58. The average molecular weight is 351 g/mol. The van der Waals surface area contributed by atoms with Crippen molar-refractivity contribution in [3.63, 3.8) is 0 Å². The van der Waals surface area contributed by atoms with Gasteiger partial charge in [-0.1, -0.05) is 17.7 Å². The van der Waals surface area contributed by atoms with Crippen LogP contribution in [0.5, 0.6) is 5.75 Å². The molecule has 0 atom stereocenters. The number of Topliss-reactive ketones (excluding diaryl/α,β-unsaturated/α-hetero) is 1. The van der Waals surface area contributed by atoms with Crippen molar-refractivity contribution >= 4 is 40.6 Å². The van der Waals surface area contributed by atoms with Gasteiger partial charge in [0.05, 0.1) is 7.11 Å². The van der Waals surface area contributed by atoms with Crippen molar-refractivity contribution in [3.05, 3.63) is 65.7 Å². The quantitative estimate of drug-likeness (QED) is 0.500. The van der Waals surface area contributed by atoms with Gasteiger partial charge in [-0.2, -0.15) is 0 Å². The van der Waals surface area contributed by atoms with Crippen LogP contribution in [0, 0.1) is 0 Å². The van der Waals surface area contributed by atoms with Gasteiger partial charge in [0.15, 0.2) is 5.78 Å². The summed E-state index contributed by atoms with van der Waals surface area (Å²) in [6, 6.07) is 10.9. The lowest BCUT2D eigenvalue weighted by Gasteiger charge is -2.08. The van der Waals surface area contributed by atoms with E-state index in [1.807, 2.05) is 18.2 Å². The predicted molar refractivity (Wildman–Crippen MR) is 94.8 cm³/mol. The van der Waals surface area contributed by atoms with Gasteiger partial charge < -0.3 is 4.74 Å². The molecule has 0 saturated carbocycles. The Labute approximate surface area is 145 Å². The molecule has 23 heavy (non-hydrogen) atoms. The van der Waals surface area contributed by atoms with Crippen LogP contribution in [0.15, 0.2) is 55.0 Å². The summed E-state index contributed by atoms with van der Waals surface area (Å²) in [5, 5.41) is 1.93. The molecule has 0 aliphatic heterocycles. The molecule has 1 aromatic carbocycles. The Hall–Kier alpha value is -2.17. The van der Waals surface area contributed by atoms with Crippen molar-refractivity contribution in [2.75, 3.05) is 7.11 Å². The van der Waals surface area contributed by atoms with E-state index in [4.69, 9.17) is 16.3 Å². The number of hydrogen-bond acceptors (Lipinski definition) is 4. The summed E-state index contributed by atoms with van der Waals surface area (Å²) in [6.45, 7) is 1.52. The van der Waals surface area contributed by atoms with Crippen LogP contribution in [0.2, 0.25) is 5.15 Å². The number of carbonyl (C=O) groups is 1. The van der Waals surface area contributed by atoms with Gasteiger partial charge in [0.1, 0.15) is 10.9 Å². The third-order valence-corrected chi connectivity index (χ3v) is 3.20. The normalized spacial score (nSPS) is 9.35. The molecule has 0 aliphatic carbocycles. The molecule has 6 heteroatoms. The van der Waals surface area contributed by atoms with Crippen molar-refractivity contribution in [2.45, 2.75) is 6.92 Å². The molecule has 0 saturated heterocycles. The number of ketones is 1. The standard InChI is InChI=1S/C12H10ClNO2.C5H5N.ClH/c1-7(15)8-3-4-11(16-2)10-6-14-12(13)5-9(8)10;1-2-4-6-5-3-1;/h3-6H,1-2H3;1-5H;1H. The fraction of sp³-hybridized carbons (Fsp3) is 0.118. The Morgan fingerprint density at radius 2 is 1.83 bits per heavy atom. The number of hydrogen-bond donors (Lipinski definition) is 0. The van der Waals surface area contributed by atoms with Gasteiger partial charge in [0.25, 0.3) is 0 Å². The second-order valence-electron chi connectivity index (χ2n) is 4.45. The van der Waals surface area contributed by atoms with Crippen molar-refractivity contribution in [3.8, 4) is 5.75 Å². The summed E-state index contributed by atoms with van der Waals surface area (Å²) < 4.78 is 5.21. The molecule has 3 aromatic rings. The minimum atomic E-state index is -0.00470. The van der Waals surface area contributed by atoms with E-state index < -0.39 is 0 Å². The molecule has 2 aromatic heterocycles. The number of carbonyl (C=O) groups excluding carboxylic acids is 1. The number of pyridine rings is 2. The number of aromatic nitrogens is 2. The zero-order valence-corrected chi connectivity index (χ0v) is 14.3. The average Bonchev–Trinajstić information content (AvgIpc) is 2.55. The maximum atomic E-state index is 11.5. The van der Waals surface area contributed by atoms with Crippen molar-refractivity contribution in [2.24, 2.45) is 0 Å². The van der Waals surface area contributed by atoms with E-state index in [-0.39, 0.29) is 18.2 Å². The number of benzene rings is 1. The van der Waals surface area contributed by atoms with Crippen LogP contribution in [0.3, 0.4) is 0 Å². The highest BCUT2D eigenvalue weighted by atomic mass is 35.5. The molecule has 0 unspecified atom stereocenters. The van der Waals surface area contributed by atoms with Crippen molar-refractivity contribution < 1.29 is 9.53 Å². The van der Waals surface area contributed by atoms with E-state index >= 15 is 0 Å². The molecule has 2 heterocycles. The molecule has 3 rings (SSSR count). The summed E-state index contributed by atoms with van der Waals surface area (Å²) in [5.74, 6) is 0.680. The topological polar surface area (TPSA) is 52.1 Å². The number of halogens is 2. The molecule has 0 aliphatic rings. The summed E-state index contributed by atoms with van der Waals surface area (Å²) in [6.07, 6.45) is 5.11. The van der Waals surface area contributed by atoms with E-state index in [1.165, 1.54) is 6.92 Å². The first-order chi connectivity index (χ1) is 10.6. The minimum Gasteiger partial charge on any atom is -0.496 e. The highest BCUT2D eigenvalue weighted by Crippen LogP contribution is 2.29. The Morgan fingerprint density at radius 1 is 1.13 bits per heavy atom. The lowest BCUT2D eigenvalue weighted by Crippen LogP contribution is -1.96. The number of rotatable bonds is 2. The van der Waals surface area contributed by atoms with Crippen LogP contribution in [-0.4, -0.2) is 22.9 Å². The first kappa shape index (κ1) is 18.9. The van der Waals surface area contributed by atoms with Crippen LogP contribution in [0.25, 0.3) is 10.8 Å². The van der Waals surface area contributed by atoms with Gasteiger partial charge in [0.2, 0.25) is 0 Å². The fourth-order valence-electron chi connectivity index (χ4n) is 1.99. The number of methoxy groups -OCH3 is 1. The zero-order chi connectivity index (χ0) is 15.9. The van der Waals surface area contributed by atoms with Crippen molar-refractivity contribution in [1.29, 1.82) is 0 Å². The molecular weight excluding hydrogens is 335 g/mol. The Balaban J connectivity index is 0.000000320. The third-order valence-electron chi connectivity index (χ3n) is 2.99. The number of nitrogens with zero attached hydrogens (tertiary/aromatic N) is 2. The molecular formula is C17H16Cl2N2O2. The Kier molecular flexibility index (Phi) is 7.45. The highest BCUT2D eigenvalue weighted by Gasteiger charge is 2.10. The van der Waals surface area contributed by atoms with Crippen LogP contribution >= 0.6 is 24.0 Å². The van der Waals surface area contributed by atoms with Gasteiger partial charge in [-0.05, 0) is 37.3 Å². The lowest BCUT2D eigenvalue weighted by atomic mass is 10.0. The SMILES string of the molecule is COc1ccc(C(C)=O)c2cc(Cl)ncc12.Cl.c1ccncc1. The summed E-state index contributed by atoms with van der Waals surface area (Å²) in [5.41, 5.74) is 0.625. The summed E-state index contributed by atoms with van der Waals surface area (Å²) >= 11 is 5.83. The number of ether oxygens (including phenoxy) is 1. The minimum absolute atomic E-state index is 0. The molecule has 0 bridgehead atoms. The van der Waals surface area contributed by atoms with Crippen LogP contribution in [-0.2, 0) is 0 Å². The monoisotopic (exact) mass is 350 g/mol. The second-order valence-corrected chi connectivity index (χ2v) is 4.84. The van der Waals surface area contributed by atoms with E-state index in [1.54, 1.807) is 43.9 Å². The molecule has 0 spiro atoms. The van der Waals surface area contributed by atoms with E-state index in [2.05, 4.69) is 9.97 Å². The zero-order valence-electron chi connectivity index (χ0n) is 12.7. The first-order valence-corrected chi connectivity index (χ1v) is 6.99. The maximum Gasteiger partial charge on any atom is 0.160 e. The van der Waals surface area contributed by atoms with E-state index in [0.717, 1.165) is 10.8 Å². The van der Waals surface area contributed by atoms with Gasteiger partial charge in [-0.3, -0.25) is 9.78 Å². The van der Waals surface area contributed by atoms with E-state index in [0.29, 0.717) is 16.5 Å². The summed E-state index contributed by atoms with van der Waals surface area (Å²) in [4.78, 5) is 19.2. The molecule has 0 fully saturated rings. The molecule has 0 amide bonds. The van der Waals surface area contributed by atoms with Crippen molar-refractivity contribution in [1.82, 2.24) is 9.97 Å². The fourth-order valence-corrected chi connectivity index (χ4v) is 2.14. The largest absolute Gasteiger partial charge is 0.496 e. The first-order valence-electron chi connectivity index (χ1n) is 6.61. The van der Waals surface area contributed by atoms with Gasteiger partial charge in [0, 0.05) is 34.9 Å². The molecule has 0 N–H and O–H groups in total. The molecule has 4 nitrogen and oxygen atoms in total. The third kappa shape index (κ3) is 4.91. The smallest absolute Gasteiger partial charge is 0.160 e. The lowest BCUT2D eigenvalue weighted by molar-refractivity contribution is 0.101. The Bertz CT molecular complexity index is 753. The molecule has 0 radical (unpaired) electrons. The predicted octanol–water partition coefficient (Wildman–Crippen LogP) is 4.60. The maximum absolute atomic E-state index is 11.5. The van der Waals surface area contributed by atoms with E-state index in [9.17, 15) is 4.79 Å². The van der Waals surface area contributed by atoms with Crippen LogP contribution < -0.4 is 4.74 Å². The van der Waals surface area contributed by atoms with Crippen LogP contribution in [0.1, 0.15) is 17.3 Å². The number of fused-ring (bicyclic) bond motifs is 1.